The summed E-state index contributed by atoms with van der Waals surface area (Å²) in [6, 6.07) is 15.5. The first-order valence-corrected chi connectivity index (χ1v) is 9.94. The zero-order valence-corrected chi connectivity index (χ0v) is 17.0. The number of aryl methyl sites for hydroxylation is 1. The predicted octanol–water partition coefficient (Wildman–Crippen LogP) is 4.41. The average molecular weight is 401 g/mol. The summed E-state index contributed by atoms with van der Waals surface area (Å²) >= 11 is 7.27. The number of rotatable bonds is 6. The lowest BCUT2D eigenvalue weighted by atomic mass is 10.1. The molecule has 0 radical (unpaired) electrons. The third-order valence-corrected chi connectivity index (χ3v) is 5.50. The molecule has 1 N–H and O–H groups in total. The van der Waals surface area contributed by atoms with Gasteiger partial charge in [0.1, 0.15) is 0 Å². The number of nitrogens with one attached hydrogen (secondary N) is 1. The van der Waals surface area contributed by atoms with E-state index < -0.39 is 0 Å². The number of hydrogen-bond donors (Lipinski definition) is 1. The van der Waals surface area contributed by atoms with Gasteiger partial charge in [0.25, 0.3) is 0 Å². The number of carbonyl (C=O) groups is 1. The van der Waals surface area contributed by atoms with Gasteiger partial charge in [-0.15, -0.1) is 10.2 Å². The minimum atomic E-state index is -0.0852. The summed E-state index contributed by atoms with van der Waals surface area (Å²) in [5.41, 5.74) is 3.21. The quantitative estimate of drug-likeness (QED) is 0.622. The van der Waals surface area contributed by atoms with Gasteiger partial charge in [-0.2, -0.15) is 0 Å². The number of benzene rings is 2. The third-order valence-electron chi connectivity index (χ3n) is 4.22. The number of aromatic nitrogens is 3. The van der Waals surface area contributed by atoms with Gasteiger partial charge < -0.3 is 9.88 Å². The molecule has 3 aromatic rings. The minimum Gasteiger partial charge on any atom is -0.349 e. The van der Waals surface area contributed by atoms with E-state index in [0.717, 1.165) is 17.0 Å². The summed E-state index contributed by atoms with van der Waals surface area (Å²) in [6.45, 7) is 4.00. The fourth-order valence-electron chi connectivity index (χ4n) is 2.64. The second-order valence-corrected chi connectivity index (χ2v) is 7.74. The highest BCUT2D eigenvalue weighted by molar-refractivity contribution is 7.99. The van der Waals surface area contributed by atoms with Crippen LogP contribution in [0.25, 0.3) is 11.4 Å². The van der Waals surface area contributed by atoms with Crippen LogP contribution in [0.15, 0.2) is 53.7 Å². The third kappa shape index (κ3) is 4.90. The van der Waals surface area contributed by atoms with E-state index in [1.54, 1.807) is 0 Å². The Labute approximate surface area is 168 Å². The van der Waals surface area contributed by atoms with Gasteiger partial charge in [-0.1, -0.05) is 65.3 Å². The lowest BCUT2D eigenvalue weighted by Gasteiger charge is -2.14. The van der Waals surface area contributed by atoms with Crippen molar-refractivity contribution in [1.29, 1.82) is 0 Å². The largest absolute Gasteiger partial charge is 0.349 e. The van der Waals surface area contributed by atoms with Crippen LogP contribution in [0, 0.1) is 6.92 Å². The fraction of sp³-hybridized carbons (Fsp3) is 0.250. The standard InChI is InChI=1S/C20H21ClN4OS/c1-13-4-6-16(7-5-13)19-23-24-20(25(19)3)27-12-18(26)22-14(2)15-8-10-17(21)11-9-15/h4-11,14H,12H2,1-3H3,(H,22,26). The van der Waals surface area contributed by atoms with Crippen LogP contribution in [-0.2, 0) is 11.8 Å². The first-order chi connectivity index (χ1) is 12.9. The molecule has 0 aliphatic carbocycles. The van der Waals surface area contributed by atoms with E-state index in [4.69, 9.17) is 11.6 Å². The van der Waals surface area contributed by atoms with Crippen molar-refractivity contribution < 1.29 is 4.79 Å². The summed E-state index contributed by atoms with van der Waals surface area (Å²) in [6.07, 6.45) is 0. The Bertz CT molecular complexity index is 922. The van der Waals surface area contributed by atoms with Crippen LogP contribution in [0.1, 0.15) is 24.1 Å². The average Bonchev–Trinajstić information content (AvgIpc) is 3.02. The van der Waals surface area contributed by atoms with Gasteiger partial charge in [-0.05, 0) is 31.5 Å². The topological polar surface area (TPSA) is 59.8 Å². The summed E-state index contributed by atoms with van der Waals surface area (Å²) < 4.78 is 1.91. The zero-order chi connectivity index (χ0) is 19.4. The van der Waals surface area contributed by atoms with Crippen LogP contribution < -0.4 is 5.32 Å². The van der Waals surface area contributed by atoms with Gasteiger partial charge >= 0.3 is 0 Å². The van der Waals surface area contributed by atoms with Crippen molar-refractivity contribution in [3.8, 4) is 11.4 Å². The molecule has 1 atom stereocenters. The number of halogens is 1. The predicted molar refractivity (Wildman–Crippen MR) is 110 cm³/mol. The van der Waals surface area contributed by atoms with E-state index in [9.17, 15) is 4.79 Å². The summed E-state index contributed by atoms with van der Waals surface area (Å²) in [5, 5.41) is 12.9. The summed E-state index contributed by atoms with van der Waals surface area (Å²) in [7, 11) is 1.91. The van der Waals surface area contributed by atoms with E-state index in [-0.39, 0.29) is 17.7 Å². The van der Waals surface area contributed by atoms with Crippen LogP contribution in [-0.4, -0.2) is 26.4 Å². The zero-order valence-electron chi connectivity index (χ0n) is 15.4. The van der Waals surface area contributed by atoms with Gasteiger partial charge in [-0.25, -0.2) is 0 Å². The molecule has 0 spiro atoms. The smallest absolute Gasteiger partial charge is 0.230 e. The van der Waals surface area contributed by atoms with Crippen LogP contribution in [0.2, 0.25) is 5.02 Å². The maximum Gasteiger partial charge on any atom is 0.230 e. The molecule has 0 bridgehead atoms. The van der Waals surface area contributed by atoms with Crippen molar-refractivity contribution in [3.63, 3.8) is 0 Å². The molecular weight excluding hydrogens is 380 g/mol. The molecule has 3 rings (SSSR count). The molecule has 5 nitrogen and oxygen atoms in total. The maximum atomic E-state index is 12.3. The first kappa shape index (κ1) is 19.5. The van der Waals surface area contributed by atoms with Crippen LogP contribution in [0.3, 0.4) is 0 Å². The Hall–Kier alpha value is -2.31. The van der Waals surface area contributed by atoms with Crippen molar-refractivity contribution >= 4 is 29.3 Å². The van der Waals surface area contributed by atoms with E-state index in [2.05, 4.69) is 15.5 Å². The SMILES string of the molecule is Cc1ccc(-c2nnc(SCC(=O)NC(C)c3ccc(Cl)cc3)n2C)cc1. The Balaban J connectivity index is 1.59. The molecule has 1 unspecified atom stereocenters. The Morgan fingerprint density at radius 1 is 1.15 bits per heavy atom. The number of thioether (sulfide) groups is 1. The lowest BCUT2D eigenvalue weighted by molar-refractivity contribution is -0.119. The highest BCUT2D eigenvalue weighted by Gasteiger charge is 2.14. The molecule has 1 aromatic heterocycles. The Morgan fingerprint density at radius 3 is 2.48 bits per heavy atom. The van der Waals surface area contributed by atoms with E-state index in [0.29, 0.717) is 10.2 Å². The van der Waals surface area contributed by atoms with Crippen molar-refractivity contribution in [2.24, 2.45) is 7.05 Å². The molecular formula is C20H21ClN4OS. The lowest BCUT2D eigenvalue weighted by Crippen LogP contribution is -2.28. The van der Waals surface area contributed by atoms with Gasteiger partial charge in [0.15, 0.2) is 11.0 Å². The first-order valence-electron chi connectivity index (χ1n) is 8.58. The summed E-state index contributed by atoms with van der Waals surface area (Å²) in [5.74, 6) is 1.01. The molecule has 2 aromatic carbocycles. The van der Waals surface area contributed by atoms with Gasteiger partial charge in [-0.3, -0.25) is 4.79 Å². The molecule has 7 heteroatoms. The second kappa shape index (κ2) is 8.59. The molecule has 140 valence electrons. The van der Waals surface area contributed by atoms with Crippen molar-refractivity contribution in [3.05, 3.63) is 64.7 Å². The minimum absolute atomic E-state index is 0.0534. The monoisotopic (exact) mass is 400 g/mol. The van der Waals surface area contributed by atoms with Crippen molar-refractivity contribution in [2.75, 3.05) is 5.75 Å². The van der Waals surface area contributed by atoms with Crippen molar-refractivity contribution in [1.82, 2.24) is 20.1 Å². The second-order valence-electron chi connectivity index (χ2n) is 6.36. The summed E-state index contributed by atoms with van der Waals surface area (Å²) in [4.78, 5) is 12.3. The Morgan fingerprint density at radius 2 is 1.81 bits per heavy atom. The Kier molecular flexibility index (Phi) is 6.19. The number of carbonyl (C=O) groups excluding carboxylic acids is 1. The highest BCUT2D eigenvalue weighted by Crippen LogP contribution is 2.23. The highest BCUT2D eigenvalue weighted by atomic mass is 35.5. The fourth-order valence-corrected chi connectivity index (χ4v) is 3.49. The van der Waals surface area contributed by atoms with Crippen LogP contribution in [0.4, 0.5) is 0 Å². The number of hydrogen-bond acceptors (Lipinski definition) is 4. The van der Waals surface area contributed by atoms with E-state index >= 15 is 0 Å². The molecule has 27 heavy (non-hydrogen) atoms. The van der Waals surface area contributed by atoms with Gasteiger partial charge in [0.05, 0.1) is 11.8 Å². The number of nitrogens with zero attached hydrogens (tertiary/aromatic N) is 3. The molecule has 0 saturated carbocycles. The molecule has 0 saturated heterocycles. The molecule has 1 amide bonds. The molecule has 1 heterocycles. The van der Waals surface area contributed by atoms with E-state index in [1.807, 2.05) is 74.0 Å². The van der Waals surface area contributed by atoms with Crippen LogP contribution >= 0.6 is 23.4 Å². The van der Waals surface area contributed by atoms with Crippen molar-refractivity contribution in [2.45, 2.75) is 25.0 Å². The van der Waals surface area contributed by atoms with Gasteiger partial charge in [0, 0.05) is 17.6 Å². The van der Waals surface area contributed by atoms with E-state index in [1.165, 1.54) is 17.3 Å². The normalized spacial score (nSPS) is 12.0. The van der Waals surface area contributed by atoms with Gasteiger partial charge in [0.2, 0.25) is 5.91 Å². The molecule has 0 aliphatic rings. The van der Waals surface area contributed by atoms with Crippen LogP contribution in [0.5, 0.6) is 0 Å². The molecule has 0 aliphatic heterocycles. The maximum absolute atomic E-state index is 12.3. The number of amides is 1. The molecule has 0 fully saturated rings.